The van der Waals surface area contributed by atoms with Gasteiger partial charge in [-0.25, -0.2) is 4.99 Å². The van der Waals surface area contributed by atoms with Gasteiger partial charge < -0.3 is 10.6 Å². The second kappa shape index (κ2) is 8.34. The molecule has 0 aromatic heterocycles. The first-order valence-corrected chi connectivity index (χ1v) is 9.25. The number of nitrogens with zero attached hydrogens (tertiary/aromatic N) is 2. The number of carbonyl (C=O) groups is 1. The number of amidine groups is 1. The topological polar surface area (TPSA) is 65.8 Å². The molecule has 25 heavy (non-hydrogen) atoms. The average molecular weight is 356 g/mol. The number of allylic oxidation sites excluding steroid dienone is 3. The molecule has 1 heterocycles. The molecule has 0 aromatic rings. The fraction of sp³-hybridized carbons (Fsp3) is 0.474. The Morgan fingerprint density at radius 1 is 1.40 bits per heavy atom. The van der Waals surface area contributed by atoms with Crippen molar-refractivity contribution in [2.45, 2.75) is 25.7 Å². The predicted octanol–water partition coefficient (Wildman–Crippen LogP) is 2.56. The minimum Gasteiger partial charge on any atom is -0.352 e. The first-order valence-electron chi connectivity index (χ1n) is 8.84. The Hall–Kier alpha value is -2.08. The fourth-order valence-corrected chi connectivity index (χ4v) is 3.70. The van der Waals surface area contributed by atoms with Gasteiger partial charge in [0.25, 0.3) is 0 Å². The molecule has 0 radical (unpaired) electrons. The minimum absolute atomic E-state index is 0.0812. The zero-order valence-corrected chi connectivity index (χ0v) is 15.1. The number of fused-ring (bicyclic) bond motifs is 1. The lowest BCUT2D eigenvalue weighted by Crippen LogP contribution is -2.42. The highest BCUT2D eigenvalue weighted by atomic mass is 32.1. The second-order valence-corrected chi connectivity index (χ2v) is 7.05. The van der Waals surface area contributed by atoms with Gasteiger partial charge in [-0.15, -0.1) is 6.58 Å². The van der Waals surface area contributed by atoms with E-state index in [2.05, 4.69) is 28.3 Å². The van der Waals surface area contributed by atoms with Crippen molar-refractivity contribution in [3.63, 3.8) is 0 Å². The predicted molar refractivity (Wildman–Crippen MR) is 106 cm³/mol. The van der Waals surface area contributed by atoms with Gasteiger partial charge in [-0.1, -0.05) is 24.3 Å². The standard InChI is InChI=1S/C19H24N4OS/c1-2-11-20-18(24)14-9-7-13(8-10-14)12-21-17-15-5-3-4-6-16(15)22-19(25)23-17/h2-6,13-15H,1,7-12H2,(H,20,24)(H,21,23,25). The Kier molecular flexibility index (Phi) is 5.91. The maximum Gasteiger partial charge on any atom is 0.223 e. The molecule has 0 aromatic carbocycles. The van der Waals surface area contributed by atoms with Gasteiger partial charge in [-0.3, -0.25) is 9.79 Å². The summed E-state index contributed by atoms with van der Waals surface area (Å²) in [5.41, 5.74) is 0.951. The third kappa shape index (κ3) is 4.51. The highest BCUT2D eigenvalue weighted by Crippen LogP contribution is 2.29. The zero-order valence-electron chi connectivity index (χ0n) is 14.3. The lowest BCUT2D eigenvalue weighted by Gasteiger charge is -2.28. The van der Waals surface area contributed by atoms with Crippen LogP contribution in [0.3, 0.4) is 0 Å². The molecule has 2 aliphatic carbocycles. The van der Waals surface area contributed by atoms with Crippen LogP contribution in [0.25, 0.3) is 0 Å². The molecule has 1 saturated carbocycles. The third-order valence-corrected chi connectivity index (χ3v) is 5.11. The van der Waals surface area contributed by atoms with Gasteiger partial charge in [-0.05, 0) is 49.9 Å². The van der Waals surface area contributed by atoms with Gasteiger partial charge in [0.15, 0.2) is 5.11 Å². The lowest BCUT2D eigenvalue weighted by atomic mass is 9.81. The van der Waals surface area contributed by atoms with Crippen molar-refractivity contribution in [1.29, 1.82) is 0 Å². The van der Waals surface area contributed by atoms with E-state index in [1.807, 2.05) is 18.2 Å². The van der Waals surface area contributed by atoms with Crippen molar-refractivity contribution in [2.75, 3.05) is 13.1 Å². The van der Waals surface area contributed by atoms with Gasteiger partial charge in [0.05, 0.1) is 11.6 Å². The van der Waals surface area contributed by atoms with E-state index >= 15 is 0 Å². The molecule has 0 bridgehead atoms. The molecule has 5 nitrogen and oxygen atoms in total. The van der Waals surface area contributed by atoms with Crippen molar-refractivity contribution < 1.29 is 4.79 Å². The third-order valence-electron chi connectivity index (χ3n) is 4.92. The molecule has 1 amide bonds. The summed E-state index contributed by atoms with van der Waals surface area (Å²) in [6.45, 7) is 4.95. The quantitative estimate of drug-likeness (QED) is 0.588. The number of hydrogen-bond acceptors (Lipinski definition) is 3. The van der Waals surface area contributed by atoms with Gasteiger partial charge in [0.2, 0.25) is 5.91 Å². The van der Waals surface area contributed by atoms with E-state index in [0.29, 0.717) is 17.6 Å². The van der Waals surface area contributed by atoms with Crippen LogP contribution in [-0.2, 0) is 4.79 Å². The van der Waals surface area contributed by atoms with Crippen molar-refractivity contribution in [2.24, 2.45) is 27.7 Å². The van der Waals surface area contributed by atoms with Crippen LogP contribution in [0.2, 0.25) is 0 Å². The van der Waals surface area contributed by atoms with E-state index in [1.54, 1.807) is 6.08 Å². The molecular weight excluding hydrogens is 332 g/mol. The maximum absolute atomic E-state index is 12.0. The average Bonchev–Trinajstić information content (AvgIpc) is 2.64. The van der Waals surface area contributed by atoms with Crippen LogP contribution in [-0.4, -0.2) is 35.7 Å². The summed E-state index contributed by atoms with van der Waals surface area (Å²) in [6.07, 6.45) is 13.7. The van der Waals surface area contributed by atoms with Crippen LogP contribution in [0, 0.1) is 17.8 Å². The smallest absolute Gasteiger partial charge is 0.223 e. The Bertz CT molecular complexity index is 669. The van der Waals surface area contributed by atoms with Crippen molar-refractivity contribution in [3.05, 3.63) is 37.0 Å². The van der Waals surface area contributed by atoms with Crippen molar-refractivity contribution >= 4 is 34.8 Å². The number of aliphatic imine (C=N–C) groups is 2. The lowest BCUT2D eigenvalue weighted by molar-refractivity contribution is -0.125. The monoisotopic (exact) mass is 356 g/mol. The molecule has 0 spiro atoms. The molecule has 1 fully saturated rings. The van der Waals surface area contributed by atoms with Crippen LogP contribution in [0.15, 0.2) is 46.9 Å². The number of amides is 1. The summed E-state index contributed by atoms with van der Waals surface area (Å²) in [6, 6.07) is 0. The summed E-state index contributed by atoms with van der Waals surface area (Å²) in [7, 11) is 0. The molecule has 6 heteroatoms. The number of rotatable bonds is 5. The summed E-state index contributed by atoms with van der Waals surface area (Å²) in [5, 5.41) is 6.52. The van der Waals surface area contributed by atoms with Crippen LogP contribution < -0.4 is 10.6 Å². The van der Waals surface area contributed by atoms with Crippen LogP contribution in [0.5, 0.6) is 0 Å². The zero-order chi connectivity index (χ0) is 17.6. The molecular formula is C19H24N4OS. The largest absolute Gasteiger partial charge is 0.352 e. The highest BCUT2D eigenvalue weighted by Gasteiger charge is 2.28. The molecule has 0 saturated heterocycles. The highest BCUT2D eigenvalue weighted by molar-refractivity contribution is 7.80. The van der Waals surface area contributed by atoms with Crippen LogP contribution in [0.1, 0.15) is 25.7 Å². The van der Waals surface area contributed by atoms with Gasteiger partial charge >= 0.3 is 0 Å². The van der Waals surface area contributed by atoms with Crippen molar-refractivity contribution in [1.82, 2.24) is 10.6 Å². The first kappa shape index (κ1) is 17.7. The Morgan fingerprint density at radius 3 is 2.96 bits per heavy atom. The van der Waals surface area contributed by atoms with E-state index in [0.717, 1.165) is 43.8 Å². The first-order chi connectivity index (χ1) is 12.2. The molecule has 1 aliphatic heterocycles. The Morgan fingerprint density at radius 2 is 2.20 bits per heavy atom. The molecule has 1 unspecified atom stereocenters. The van der Waals surface area contributed by atoms with Crippen LogP contribution in [0.4, 0.5) is 0 Å². The molecule has 132 valence electrons. The number of hydrogen-bond donors (Lipinski definition) is 2. The summed E-state index contributed by atoms with van der Waals surface area (Å²) in [4.78, 5) is 21.2. The van der Waals surface area contributed by atoms with Crippen LogP contribution >= 0.6 is 12.2 Å². The SMILES string of the molecule is C=CCNC(=O)C1CCC(CN=C2NC(=S)N=C3C=CC=CC32)CC1. The van der Waals surface area contributed by atoms with Gasteiger partial charge in [0.1, 0.15) is 5.84 Å². The summed E-state index contributed by atoms with van der Waals surface area (Å²) >= 11 is 5.21. The molecule has 3 aliphatic rings. The fourth-order valence-electron chi connectivity index (χ4n) is 3.49. The molecule has 3 rings (SSSR count). The number of carbonyl (C=O) groups excluding carboxylic acids is 1. The number of nitrogens with one attached hydrogen (secondary N) is 2. The van der Waals surface area contributed by atoms with E-state index in [9.17, 15) is 4.79 Å². The number of thiocarbonyl (C=S) groups is 1. The van der Waals surface area contributed by atoms with Crippen molar-refractivity contribution in [3.8, 4) is 0 Å². The van der Waals surface area contributed by atoms with E-state index in [-0.39, 0.29) is 17.7 Å². The molecule has 2 N–H and O–H groups in total. The summed E-state index contributed by atoms with van der Waals surface area (Å²) < 4.78 is 0. The minimum atomic E-state index is 0.0812. The Balaban J connectivity index is 1.53. The summed E-state index contributed by atoms with van der Waals surface area (Å²) in [5.74, 6) is 1.79. The second-order valence-electron chi connectivity index (χ2n) is 6.67. The van der Waals surface area contributed by atoms with E-state index in [1.165, 1.54) is 0 Å². The molecule has 1 atom stereocenters. The maximum atomic E-state index is 12.0. The van der Waals surface area contributed by atoms with E-state index < -0.39 is 0 Å². The van der Waals surface area contributed by atoms with Gasteiger partial charge in [0, 0.05) is 19.0 Å². The van der Waals surface area contributed by atoms with E-state index in [4.69, 9.17) is 17.2 Å². The Labute approximate surface area is 154 Å². The normalized spacial score (nSPS) is 29.6. The van der Waals surface area contributed by atoms with Gasteiger partial charge in [-0.2, -0.15) is 0 Å².